The molecule has 6 fully saturated rings. The Hall–Kier alpha value is -0.420. The van der Waals surface area contributed by atoms with E-state index in [4.69, 9.17) is 37.9 Å². The van der Waals surface area contributed by atoms with Crippen LogP contribution >= 0.6 is 11.8 Å². The standard InChI is InChI=1S/C46H74N6O32S3.4Na/c1-17(53)49-26-35(28(57)20(14-76-86(69,70)71)78-42(26)75-13-12-48-24(56)9-4-3-7-11-47-23(55)10-6-5-8-22-25-19(16-85-22)51-46(68)52-25)80-45-34(63)32(61)37(39(84-45)41(66)67)82-43-27(50-18(2)54)36(29(58)21(79-43)15-77-87(72,73)74)81-44-33(62)30(59)31(60)38(83-44)40(64)65;;;;/h19-22,25-39,42-45,57-63H,3-16H2,1-2H3,(H,47,55)(H,48,56)(H,49,53)(H,50,54)(H,64,65)(H,66,67)(H2,51,52,68)(H,69,70,71)(H,72,73,74);;;;/q;4*+1/p-4/t19-,20+,21+,22-,25-,26+,27+,28-,29-,30-,31-,32+,33+,34+,35+,36+,37-,38-,39-,42+,43-,44+,45+;;;;/m0..../s1. The summed E-state index contributed by atoms with van der Waals surface area (Å²) in [7, 11) is -11.2. The number of carboxylic acids is 2. The molecule has 91 heavy (non-hydrogen) atoms. The van der Waals surface area contributed by atoms with Crippen LogP contribution in [0.15, 0.2) is 0 Å². The molecule has 0 aliphatic carbocycles. The molecule has 0 aromatic rings. The molecule has 0 unspecified atom stereocenters. The summed E-state index contributed by atoms with van der Waals surface area (Å²) in [6.07, 6.45) is -38.0. The van der Waals surface area contributed by atoms with Crippen molar-refractivity contribution in [3.05, 3.63) is 0 Å². The number of ether oxygens (including phenoxy) is 8. The summed E-state index contributed by atoms with van der Waals surface area (Å²) in [4.78, 5) is 86.6. The maximum atomic E-state index is 12.9. The van der Waals surface area contributed by atoms with E-state index in [-0.39, 0.29) is 160 Å². The van der Waals surface area contributed by atoms with Crippen LogP contribution in [-0.4, -0.2) is 282 Å². The first-order valence-corrected chi connectivity index (χ1v) is 30.9. The van der Waals surface area contributed by atoms with Crippen LogP contribution in [-0.2, 0) is 95.8 Å². The van der Waals surface area contributed by atoms with Gasteiger partial charge in [-0.05, 0) is 25.7 Å². The third-order valence-corrected chi connectivity index (χ3v) is 16.8. The number of nitrogens with one attached hydrogen (secondary N) is 6. The Morgan fingerprint density at radius 1 is 0.571 bits per heavy atom. The Kier molecular flexibility index (Phi) is 38.1. The number of hydrogen-bond donors (Lipinski definition) is 13. The number of rotatable bonds is 31. The van der Waals surface area contributed by atoms with Crippen LogP contribution in [0.2, 0.25) is 0 Å². The molecule has 0 saturated carbocycles. The number of aliphatic hydroxyl groups is 7. The molecule has 498 valence electrons. The maximum absolute atomic E-state index is 12.9. The quantitative estimate of drug-likeness (QED) is 0.0101. The fourth-order valence-corrected chi connectivity index (χ4v) is 12.5. The molecular weight excluding hydrogens is 1340 g/mol. The van der Waals surface area contributed by atoms with E-state index >= 15 is 0 Å². The van der Waals surface area contributed by atoms with Gasteiger partial charge in [0.1, 0.15) is 97.5 Å². The van der Waals surface area contributed by atoms with Crippen LogP contribution in [0.1, 0.15) is 65.2 Å². The van der Waals surface area contributed by atoms with Gasteiger partial charge < -0.3 is 134 Å². The van der Waals surface area contributed by atoms with Crippen molar-refractivity contribution in [1.29, 1.82) is 0 Å². The van der Waals surface area contributed by atoms with Gasteiger partial charge >= 0.3 is 124 Å². The fraction of sp³-hybridized carbons (Fsp3) is 0.848. The number of urea groups is 1. The van der Waals surface area contributed by atoms with E-state index in [1.165, 1.54) is 0 Å². The van der Waals surface area contributed by atoms with Gasteiger partial charge in [0, 0.05) is 50.8 Å². The van der Waals surface area contributed by atoms with Gasteiger partial charge in [-0.3, -0.25) is 27.5 Å². The summed E-state index contributed by atoms with van der Waals surface area (Å²) in [5.74, 6) is -6.15. The Bertz CT molecular complexity index is 2620. The monoisotopic (exact) mass is 1410 g/mol. The number of fused-ring (bicyclic) bond motifs is 1. The van der Waals surface area contributed by atoms with E-state index < -0.39 is 193 Å². The average Bonchev–Trinajstić information content (AvgIpc) is 1.95. The first-order valence-electron chi connectivity index (χ1n) is 27.2. The van der Waals surface area contributed by atoms with Gasteiger partial charge in [-0.1, -0.05) is 12.8 Å². The topological polar surface area (TPSA) is 586 Å². The smallest absolute Gasteiger partial charge is 0.726 e. The Morgan fingerprint density at radius 3 is 1.56 bits per heavy atom. The van der Waals surface area contributed by atoms with Crippen LogP contribution in [0, 0.1) is 0 Å². The summed E-state index contributed by atoms with van der Waals surface area (Å²) in [5, 5.41) is 118. The third-order valence-electron chi connectivity index (χ3n) is 14.5. The Labute approximate surface area is 613 Å². The first-order chi connectivity index (χ1) is 40.8. The van der Waals surface area contributed by atoms with E-state index in [1.54, 1.807) is 11.8 Å². The number of amides is 6. The molecule has 0 bridgehead atoms. The van der Waals surface area contributed by atoms with E-state index in [0.29, 0.717) is 38.6 Å². The Balaban J connectivity index is 0.00000705. The molecule has 0 aromatic heterocycles. The summed E-state index contributed by atoms with van der Waals surface area (Å²) < 4.78 is 122. The minimum atomic E-state index is -5.63. The van der Waals surface area contributed by atoms with Crippen molar-refractivity contribution in [2.24, 2.45) is 0 Å². The van der Waals surface area contributed by atoms with Gasteiger partial charge in [0.25, 0.3) is 0 Å². The number of carbonyl (C=O) groups excluding carboxylic acids is 7. The molecule has 6 amide bonds. The predicted octanol–water partition coefficient (Wildman–Crippen LogP) is -23.4. The van der Waals surface area contributed by atoms with Crippen molar-refractivity contribution in [2.75, 3.05) is 38.7 Å². The van der Waals surface area contributed by atoms with Crippen molar-refractivity contribution >= 4 is 74.2 Å². The molecule has 6 aliphatic heterocycles. The van der Waals surface area contributed by atoms with Crippen LogP contribution < -0.4 is 160 Å². The summed E-state index contributed by atoms with van der Waals surface area (Å²) in [6.45, 7) is -1.26. The number of aliphatic carboxylic acids is 2. The minimum Gasteiger partial charge on any atom is -0.726 e. The zero-order chi connectivity index (χ0) is 64.2. The number of carbonyl (C=O) groups is 7. The SMILES string of the molecule is CC(=O)N[C@H]1[C@H](O[C@H]2[C@H](O)[C@@H](O)[C@H](O[C@H]3[C@@H](O)[C@@H](COS(=O)(=O)[O-])O[C@@H](OCCNC(=O)CCCCCNC(=O)CCCC[C@@H]4SC[C@@H]5NC(=O)N[C@@H]54)[C@@H]3NC(C)=O)O[C@@H]2C(=O)[O-])O[C@H](COS(=O)(=O)[O-])[C@H](O)[C@@H]1O[C@@H]1O[C@H](C(=O)[O-])[C@@H](O)[C@H](O)[C@H]1O.[Na+].[Na+].[Na+].[Na+]. The zero-order valence-electron chi connectivity index (χ0n) is 50.2. The molecule has 23 atom stereocenters. The second-order valence-corrected chi connectivity index (χ2v) is 24.3. The van der Waals surface area contributed by atoms with Gasteiger partial charge in [-0.2, -0.15) is 11.8 Å². The van der Waals surface area contributed by atoms with Crippen molar-refractivity contribution in [3.63, 3.8) is 0 Å². The van der Waals surface area contributed by atoms with Gasteiger partial charge in [0.15, 0.2) is 25.2 Å². The number of hydrogen-bond acceptors (Lipinski definition) is 33. The normalized spacial score (nSPS) is 35.4. The maximum Gasteiger partial charge on any atom is 1.00 e. The van der Waals surface area contributed by atoms with Crippen LogP contribution in [0.25, 0.3) is 0 Å². The predicted molar refractivity (Wildman–Crippen MR) is 272 cm³/mol. The van der Waals surface area contributed by atoms with E-state index in [9.17, 15) is 105 Å². The molecule has 6 heterocycles. The Morgan fingerprint density at radius 2 is 1.04 bits per heavy atom. The van der Waals surface area contributed by atoms with Gasteiger partial charge in [0.2, 0.25) is 44.4 Å². The molecule has 38 nitrogen and oxygen atoms in total. The molecule has 0 spiro atoms. The van der Waals surface area contributed by atoms with Crippen molar-refractivity contribution < 1.29 is 270 Å². The molecule has 6 saturated heterocycles. The van der Waals surface area contributed by atoms with Crippen LogP contribution in [0.5, 0.6) is 0 Å². The molecule has 45 heteroatoms. The number of aliphatic hydroxyl groups excluding tert-OH is 7. The minimum absolute atomic E-state index is 0. The first kappa shape index (κ1) is 86.7. The van der Waals surface area contributed by atoms with E-state index in [0.717, 1.165) is 32.4 Å². The zero-order valence-corrected chi connectivity index (χ0v) is 60.7. The fourth-order valence-electron chi connectivity index (χ4n) is 10.3. The summed E-state index contributed by atoms with van der Waals surface area (Å²) >= 11 is 1.80. The summed E-state index contributed by atoms with van der Waals surface area (Å²) in [5.41, 5.74) is 0. The average molecular weight is 1410 g/mol. The molecule has 6 rings (SSSR count). The second-order valence-electron chi connectivity index (χ2n) is 20.9. The van der Waals surface area contributed by atoms with Gasteiger partial charge in [-0.25, -0.2) is 21.6 Å². The largest absolute Gasteiger partial charge is 1.00 e. The number of carboxylic acid groups (broad SMARTS) is 2. The van der Waals surface area contributed by atoms with Gasteiger partial charge in [0.05, 0.1) is 43.8 Å². The van der Waals surface area contributed by atoms with Crippen molar-refractivity contribution in [2.45, 2.75) is 205 Å². The van der Waals surface area contributed by atoms with Gasteiger partial charge in [-0.15, -0.1) is 0 Å². The van der Waals surface area contributed by atoms with Crippen LogP contribution in [0.3, 0.4) is 0 Å². The van der Waals surface area contributed by atoms with E-state index in [1.807, 2.05) is 0 Å². The second kappa shape index (κ2) is 40.0. The molecule has 13 N–H and O–H groups in total. The number of thioether (sulfide) groups is 1. The summed E-state index contributed by atoms with van der Waals surface area (Å²) in [6, 6.07) is -3.84. The van der Waals surface area contributed by atoms with Crippen molar-refractivity contribution in [1.82, 2.24) is 31.9 Å². The van der Waals surface area contributed by atoms with Crippen LogP contribution in [0.4, 0.5) is 4.79 Å². The van der Waals surface area contributed by atoms with E-state index in [2.05, 4.69) is 40.3 Å². The molecule has 0 aromatic carbocycles. The van der Waals surface area contributed by atoms with Crippen molar-refractivity contribution in [3.8, 4) is 0 Å². The number of unbranched alkanes of at least 4 members (excludes halogenated alkanes) is 3. The molecular formula is C46H70N6Na4O32S3. The third kappa shape index (κ3) is 25.7. The molecule has 6 aliphatic rings. The molecule has 0 radical (unpaired) electrons.